The summed E-state index contributed by atoms with van der Waals surface area (Å²) in [7, 11) is 0. The summed E-state index contributed by atoms with van der Waals surface area (Å²) in [4.78, 5) is 11.7. The third-order valence-corrected chi connectivity index (χ3v) is 5.38. The molecule has 0 saturated heterocycles. The van der Waals surface area contributed by atoms with E-state index in [0.717, 1.165) is 24.8 Å². The molecule has 2 aromatic rings. The molecule has 0 saturated carbocycles. The van der Waals surface area contributed by atoms with Crippen LogP contribution < -0.4 is 10.1 Å². The quantitative estimate of drug-likeness (QED) is 0.406. The molecule has 0 bridgehead atoms. The first-order valence-electron chi connectivity index (χ1n) is 10.8. The van der Waals surface area contributed by atoms with Crippen molar-refractivity contribution in [2.75, 3.05) is 19.8 Å². The number of aliphatic hydroxyl groups excluding tert-OH is 1. The highest BCUT2D eigenvalue weighted by Crippen LogP contribution is 2.25. The van der Waals surface area contributed by atoms with Gasteiger partial charge in [0, 0.05) is 12.1 Å². The van der Waals surface area contributed by atoms with E-state index < -0.39 is 6.10 Å². The number of aryl methyl sites for hydroxylation is 1. The van der Waals surface area contributed by atoms with E-state index >= 15 is 0 Å². The van der Waals surface area contributed by atoms with E-state index in [1.165, 1.54) is 0 Å². The number of halogens is 2. The van der Waals surface area contributed by atoms with E-state index in [1.54, 1.807) is 37.3 Å². The van der Waals surface area contributed by atoms with Gasteiger partial charge in [0.05, 0.1) is 17.2 Å². The van der Waals surface area contributed by atoms with Crippen molar-refractivity contribution in [2.45, 2.75) is 51.7 Å². The van der Waals surface area contributed by atoms with Crippen LogP contribution in [0.1, 0.15) is 55.1 Å². The van der Waals surface area contributed by atoms with Crippen LogP contribution >= 0.6 is 24.0 Å². The molecule has 0 unspecified atom stereocenters. The molecule has 0 aliphatic heterocycles. The fourth-order valence-corrected chi connectivity index (χ4v) is 3.43. The third kappa shape index (κ3) is 9.61. The summed E-state index contributed by atoms with van der Waals surface area (Å²) < 4.78 is 10.6. The number of aliphatic hydroxyl groups is 1. The molecule has 180 valence electrons. The smallest absolute Gasteiger partial charge is 0.338 e. The van der Waals surface area contributed by atoms with Crippen LogP contribution in [0.4, 0.5) is 0 Å². The summed E-state index contributed by atoms with van der Waals surface area (Å²) in [5.41, 5.74) is 1.83. The lowest BCUT2D eigenvalue weighted by molar-refractivity contribution is 0.0526. The van der Waals surface area contributed by atoms with Gasteiger partial charge in [-0.2, -0.15) is 5.26 Å². The first kappa shape index (κ1) is 28.7. The van der Waals surface area contributed by atoms with E-state index in [-0.39, 0.29) is 36.1 Å². The minimum atomic E-state index is -0.727. The number of hydrogen-bond acceptors (Lipinski definition) is 6. The van der Waals surface area contributed by atoms with Crippen molar-refractivity contribution in [3.63, 3.8) is 0 Å². The number of nitrogens with one attached hydrogen (secondary N) is 1. The van der Waals surface area contributed by atoms with Gasteiger partial charge in [0.25, 0.3) is 0 Å². The summed E-state index contributed by atoms with van der Waals surface area (Å²) in [6, 6.07) is 14.5. The van der Waals surface area contributed by atoms with Gasteiger partial charge in [0.2, 0.25) is 0 Å². The predicted molar refractivity (Wildman–Crippen MR) is 132 cm³/mol. The van der Waals surface area contributed by atoms with Gasteiger partial charge >= 0.3 is 5.97 Å². The van der Waals surface area contributed by atoms with Crippen LogP contribution in [0.3, 0.4) is 0 Å². The zero-order valence-corrected chi connectivity index (χ0v) is 20.8. The highest BCUT2D eigenvalue weighted by Gasteiger charge is 2.19. The van der Waals surface area contributed by atoms with Crippen molar-refractivity contribution in [1.29, 1.82) is 5.26 Å². The molecular formula is C25H32Cl2N2O4. The molecule has 2 rings (SSSR count). The minimum absolute atomic E-state index is 0. The van der Waals surface area contributed by atoms with Crippen LogP contribution in [0.2, 0.25) is 5.02 Å². The number of esters is 1. The standard InChI is InChI=1S/C25H31ClN2O4.ClH/c1-4-31-24(30)19-12-10-18(11-13-19)7-6-14-25(2,3)28-16-20(29)17-32-23-9-5-8-22(26)21(23)15-27;/h5,8-13,20,28-29H,4,6-7,14,16-17H2,1-3H3;1H/t20-;/m1./s1. The average molecular weight is 495 g/mol. The van der Waals surface area contributed by atoms with Gasteiger partial charge in [0.15, 0.2) is 0 Å². The maximum absolute atomic E-state index is 11.7. The maximum Gasteiger partial charge on any atom is 0.338 e. The molecule has 0 spiro atoms. The number of hydrogen-bond donors (Lipinski definition) is 2. The van der Waals surface area contributed by atoms with Crippen LogP contribution in [0.25, 0.3) is 0 Å². The molecule has 0 aliphatic rings. The zero-order valence-electron chi connectivity index (χ0n) is 19.3. The topological polar surface area (TPSA) is 91.6 Å². The fraction of sp³-hybridized carbons (Fsp3) is 0.440. The number of carbonyl (C=O) groups is 1. The van der Waals surface area contributed by atoms with Crippen LogP contribution in [0, 0.1) is 11.3 Å². The Morgan fingerprint density at radius 1 is 1.24 bits per heavy atom. The number of ether oxygens (including phenoxy) is 2. The van der Waals surface area contributed by atoms with Crippen molar-refractivity contribution in [3.8, 4) is 11.8 Å². The first-order chi connectivity index (χ1) is 15.3. The number of carbonyl (C=O) groups excluding carboxylic acids is 1. The number of nitriles is 1. The molecule has 0 aliphatic carbocycles. The lowest BCUT2D eigenvalue weighted by Crippen LogP contribution is -2.44. The lowest BCUT2D eigenvalue weighted by Gasteiger charge is -2.28. The molecule has 0 heterocycles. The minimum Gasteiger partial charge on any atom is -0.489 e. The van der Waals surface area contributed by atoms with Gasteiger partial charge in [-0.15, -0.1) is 12.4 Å². The Balaban J connectivity index is 0.00000544. The van der Waals surface area contributed by atoms with E-state index in [9.17, 15) is 15.2 Å². The molecule has 0 amide bonds. The van der Waals surface area contributed by atoms with Gasteiger partial charge in [-0.1, -0.05) is 29.8 Å². The number of rotatable bonds is 12. The van der Waals surface area contributed by atoms with Crippen LogP contribution in [-0.2, 0) is 11.2 Å². The summed E-state index contributed by atoms with van der Waals surface area (Å²) in [5, 5.41) is 23.2. The van der Waals surface area contributed by atoms with Crippen molar-refractivity contribution in [1.82, 2.24) is 5.32 Å². The van der Waals surface area contributed by atoms with Crippen molar-refractivity contribution < 1.29 is 19.4 Å². The normalized spacial score (nSPS) is 11.8. The maximum atomic E-state index is 11.7. The Kier molecular flexibility index (Phi) is 12.2. The predicted octanol–water partition coefficient (Wildman–Crippen LogP) is 4.94. The van der Waals surface area contributed by atoms with Gasteiger partial charge in [-0.05, 0) is 69.9 Å². The Morgan fingerprint density at radius 3 is 2.58 bits per heavy atom. The molecule has 6 nitrogen and oxygen atoms in total. The SMILES string of the molecule is CCOC(=O)c1ccc(CCCC(C)(C)NC[C@@H](O)COc2cccc(Cl)c2C#N)cc1.Cl. The van der Waals surface area contributed by atoms with Crippen molar-refractivity contribution in [3.05, 3.63) is 64.2 Å². The monoisotopic (exact) mass is 494 g/mol. The van der Waals surface area contributed by atoms with Gasteiger partial charge in [0.1, 0.15) is 30.1 Å². The molecule has 0 radical (unpaired) electrons. The highest BCUT2D eigenvalue weighted by atomic mass is 35.5. The van der Waals surface area contributed by atoms with Crippen LogP contribution in [-0.4, -0.2) is 42.5 Å². The Morgan fingerprint density at radius 2 is 1.94 bits per heavy atom. The molecule has 2 aromatic carbocycles. The van der Waals surface area contributed by atoms with Gasteiger partial charge < -0.3 is 19.9 Å². The van der Waals surface area contributed by atoms with Gasteiger partial charge in [-0.3, -0.25) is 0 Å². The largest absolute Gasteiger partial charge is 0.489 e. The molecule has 1 atom stereocenters. The molecule has 0 aromatic heterocycles. The molecule has 33 heavy (non-hydrogen) atoms. The second-order valence-electron chi connectivity index (χ2n) is 8.23. The zero-order chi connectivity index (χ0) is 23.6. The van der Waals surface area contributed by atoms with E-state index in [2.05, 4.69) is 19.2 Å². The molecule has 8 heteroatoms. The second kappa shape index (κ2) is 14.1. The number of nitrogens with zero attached hydrogens (tertiary/aromatic N) is 1. The summed E-state index contributed by atoms with van der Waals surface area (Å²) >= 11 is 5.99. The van der Waals surface area contributed by atoms with Crippen LogP contribution in [0.5, 0.6) is 5.75 Å². The second-order valence-corrected chi connectivity index (χ2v) is 8.63. The molecule has 0 fully saturated rings. The first-order valence-corrected chi connectivity index (χ1v) is 11.1. The number of β-amino-alcohol motifs (C(OH)–C–C–N with tert-alkyl or cyclic N) is 1. The third-order valence-electron chi connectivity index (χ3n) is 5.07. The molecule has 2 N–H and O–H groups in total. The molecular weight excluding hydrogens is 463 g/mol. The summed E-state index contributed by atoms with van der Waals surface area (Å²) in [5.74, 6) is 0.0680. The fourth-order valence-electron chi connectivity index (χ4n) is 3.22. The van der Waals surface area contributed by atoms with E-state index in [4.69, 9.17) is 21.1 Å². The van der Waals surface area contributed by atoms with Gasteiger partial charge in [-0.25, -0.2) is 4.79 Å². The lowest BCUT2D eigenvalue weighted by atomic mass is 9.95. The van der Waals surface area contributed by atoms with Crippen LogP contribution in [0.15, 0.2) is 42.5 Å². The average Bonchev–Trinajstić information content (AvgIpc) is 2.77. The van der Waals surface area contributed by atoms with E-state index in [1.807, 2.05) is 18.2 Å². The van der Waals surface area contributed by atoms with Crippen molar-refractivity contribution >= 4 is 30.0 Å². The van der Waals surface area contributed by atoms with E-state index in [0.29, 0.717) is 29.5 Å². The van der Waals surface area contributed by atoms with Crippen molar-refractivity contribution in [2.24, 2.45) is 0 Å². The summed E-state index contributed by atoms with van der Waals surface area (Å²) in [6.07, 6.45) is 2.04. The highest BCUT2D eigenvalue weighted by molar-refractivity contribution is 6.31. The summed E-state index contributed by atoms with van der Waals surface area (Å²) in [6.45, 7) is 6.77. The Bertz CT molecular complexity index is 927. The number of benzene rings is 2. The Labute approximate surface area is 207 Å². The Hall–Kier alpha value is -2.30.